The number of aliphatic hydroxyl groups is 1. The Bertz CT molecular complexity index is 1250. The number of hydrogen-bond acceptors (Lipinski definition) is 9. The number of urea groups is 1. The van der Waals surface area contributed by atoms with Crippen LogP contribution < -0.4 is 11.2 Å². The van der Waals surface area contributed by atoms with E-state index in [0.29, 0.717) is 11.4 Å². The van der Waals surface area contributed by atoms with Gasteiger partial charge in [0.15, 0.2) is 11.6 Å². The predicted octanol–water partition coefficient (Wildman–Crippen LogP) is 3.73. The van der Waals surface area contributed by atoms with E-state index in [1.807, 2.05) is 13.8 Å². The number of piperidine rings is 1. The average Bonchev–Trinajstić information content (AvgIpc) is 2.91. The second-order valence-corrected chi connectivity index (χ2v) is 13.1. The normalized spacial score (nSPS) is 18.9. The van der Waals surface area contributed by atoms with Crippen LogP contribution >= 0.6 is 11.6 Å². The molecule has 1 aromatic rings. The Morgan fingerprint density at radius 1 is 1.16 bits per heavy atom. The number of hydrazine groups is 1. The molecule has 2 atom stereocenters. The second-order valence-electron chi connectivity index (χ2n) is 12.7. The van der Waals surface area contributed by atoms with Crippen LogP contribution in [0.1, 0.15) is 66.9 Å². The van der Waals surface area contributed by atoms with Gasteiger partial charge in [-0.2, -0.15) is 0 Å². The van der Waals surface area contributed by atoms with Gasteiger partial charge in [0, 0.05) is 29.9 Å². The Morgan fingerprint density at radius 2 is 1.77 bits per heavy atom. The van der Waals surface area contributed by atoms with Crippen LogP contribution in [-0.4, -0.2) is 82.6 Å². The zero-order valence-electron chi connectivity index (χ0n) is 26.5. The number of ether oxygens (including phenoxy) is 2. The first-order valence-corrected chi connectivity index (χ1v) is 14.8. The summed E-state index contributed by atoms with van der Waals surface area (Å²) in [7, 11) is 0. The Kier molecular flexibility index (Phi) is 12.5. The van der Waals surface area contributed by atoms with E-state index in [9.17, 15) is 29.1 Å². The van der Waals surface area contributed by atoms with E-state index in [1.165, 1.54) is 20.8 Å². The highest BCUT2D eigenvalue weighted by Crippen LogP contribution is 2.46. The minimum Gasteiger partial charge on any atom is -0.434 e. The molecule has 1 saturated heterocycles. The Balaban J connectivity index is 1.97. The Morgan fingerprint density at radius 3 is 2.32 bits per heavy atom. The minimum atomic E-state index is -1.28. The molecule has 1 heterocycles. The molecule has 0 unspecified atom stereocenters. The number of rotatable bonds is 12. The zero-order chi connectivity index (χ0) is 33.5. The maximum atomic E-state index is 13.7. The largest absolute Gasteiger partial charge is 0.508 e. The summed E-state index contributed by atoms with van der Waals surface area (Å²) in [6.07, 6.45) is 1.32. The number of carbonyl (C=O) groups excluding carboxylic acids is 5. The lowest BCUT2D eigenvalue weighted by molar-refractivity contribution is -0.155. The van der Waals surface area contributed by atoms with E-state index >= 15 is 0 Å². The van der Waals surface area contributed by atoms with Crippen molar-refractivity contribution in [1.29, 1.82) is 0 Å². The average molecular weight is 637 g/mol. The molecule has 44 heavy (non-hydrogen) atoms. The van der Waals surface area contributed by atoms with Gasteiger partial charge in [-0.15, -0.1) is 0 Å². The number of nitrogens with one attached hydrogen (secondary N) is 1. The number of ketones is 2. The third kappa shape index (κ3) is 10.0. The fraction of sp³-hybridized carbons (Fsp3) is 0.581. The molecule has 2 rings (SSSR count). The molecular weight excluding hydrogens is 592 g/mol. The summed E-state index contributed by atoms with van der Waals surface area (Å²) in [4.78, 5) is 63.0. The lowest BCUT2D eigenvalue weighted by Crippen LogP contribution is -2.62. The lowest BCUT2D eigenvalue weighted by atomic mass is 9.66. The van der Waals surface area contributed by atoms with Gasteiger partial charge in [0.25, 0.3) is 0 Å². The number of likely N-dealkylation sites (tertiary alicyclic amines) is 1. The number of benzene rings is 1. The van der Waals surface area contributed by atoms with E-state index in [0.717, 1.165) is 22.7 Å². The first kappa shape index (κ1) is 36.7. The molecule has 0 aromatic heterocycles. The van der Waals surface area contributed by atoms with Gasteiger partial charge in [0.2, 0.25) is 5.91 Å². The summed E-state index contributed by atoms with van der Waals surface area (Å²) in [6, 6.07) is 5.36. The fourth-order valence-electron chi connectivity index (χ4n) is 5.00. The van der Waals surface area contributed by atoms with Gasteiger partial charge in [-0.3, -0.25) is 19.4 Å². The monoisotopic (exact) mass is 636 g/mol. The lowest BCUT2D eigenvalue weighted by Gasteiger charge is -2.51. The van der Waals surface area contributed by atoms with E-state index in [2.05, 4.69) is 5.32 Å². The highest BCUT2D eigenvalue weighted by atomic mass is 35.5. The summed E-state index contributed by atoms with van der Waals surface area (Å²) < 4.78 is 10.2. The van der Waals surface area contributed by atoms with Crippen LogP contribution in [0.15, 0.2) is 36.4 Å². The maximum Gasteiger partial charge on any atom is 0.508 e. The van der Waals surface area contributed by atoms with Crippen molar-refractivity contribution in [3.05, 3.63) is 47.0 Å². The minimum absolute atomic E-state index is 0.135. The van der Waals surface area contributed by atoms with Gasteiger partial charge < -0.3 is 24.8 Å². The summed E-state index contributed by atoms with van der Waals surface area (Å²) in [5.41, 5.74) is -2.46. The van der Waals surface area contributed by atoms with Crippen molar-refractivity contribution in [2.75, 3.05) is 26.2 Å². The van der Waals surface area contributed by atoms with Gasteiger partial charge in [-0.25, -0.2) is 15.4 Å². The number of halogens is 1. The van der Waals surface area contributed by atoms with E-state index in [4.69, 9.17) is 26.9 Å². The van der Waals surface area contributed by atoms with E-state index in [1.54, 1.807) is 43.0 Å². The maximum absolute atomic E-state index is 13.7. The van der Waals surface area contributed by atoms with Crippen molar-refractivity contribution >= 4 is 41.3 Å². The Hall–Kier alpha value is -3.48. The van der Waals surface area contributed by atoms with E-state index < -0.39 is 40.6 Å². The topological polar surface area (TPSA) is 169 Å². The molecule has 0 bridgehead atoms. The van der Waals surface area contributed by atoms with Crippen LogP contribution in [0.5, 0.6) is 0 Å². The van der Waals surface area contributed by atoms with Gasteiger partial charge in [-0.05, 0) is 63.0 Å². The van der Waals surface area contributed by atoms with Crippen LogP contribution in [-0.2, 0) is 29.5 Å². The van der Waals surface area contributed by atoms with Crippen molar-refractivity contribution in [2.45, 2.75) is 78.6 Å². The first-order valence-electron chi connectivity index (χ1n) is 14.5. The van der Waals surface area contributed by atoms with Gasteiger partial charge >= 0.3 is 12.2 Å². The molecule has 1 fully saturated rings. The number of allylic oxidation sites excluding steroid dienone is 2. The van der Waals surface area contributed by atoms with Crippen LogP contribution in [0.4, 0.5) is 9.59 Å². The van der Waals surface area contributed by atoms with Crippen LogP contribution in [0.3, 0.4) is 0 Å². The van der Waals surface area contributed by atoms with Crippen LogP contribution in [0.2, 0.25) is 5.02 Å². The number of nitrogens with zero attached hydrogens (tertiary/aromatic N) is 2. The van der Waals surface area contributed by atoms with Crippen molar-refractivity contribution in [3.8, 4) is 0 Å². The molecule has 13 heteroatoms. The fourth-order valence-corrected chi connectivity index (χ4v) is 5.12. The SMILES string of the molecule is CC(=O)C=CC(=O)CCOC(=O)OC(C)(C)CN(N)C(=O)N[C@@H](C(=O)N1CC[C@](O)(c2ccc(Cl)cc2)C(C)(C)C1)C(C)C. The first-order chi connectivity index (χ1) is 20.3. The molecule has 1 aromatic carbocycles. The van der Waals surface area contributed by atoms with Gasteiger partial charge in [-0.1, -0.05) is 51.4 Å². The number of carbonyl (C=O) groups is 5. The molecule has 1 aliphatic rings. The molecule has 3 amide bonds. The molecule has 244 valence electrons. The molecule has 12 nitrogen and oxygen atoms in total. The van der Waals surface area contributed by atoms with Crippen molar-refractivity contribution in [2.24, 2.45) is 17.2 Å². The highest BCUT2D eigenvalue weighted by Gasteiger charge is 2.50. The molecular formula is C31H45ClN4O8. The number of hydrogen-bond donors (Lipinski definition) is 3. The van der Waals surface area contributed by atoms with Gasteiger partial charge in [0.1, 0.15) is 18.2 Å². The zero-order valence-corrected chi connectivity index (χ0v) is 27.3. The quantitative estimate of drug-likeness (QED) is 0.102. The summed E-state index contributed by atoms with van der Waals surface area (Å²) >= 11 is 6.03. The van der Waals surface area contributed by atoms with Crippen LogP contribution in [0.25, 0.3) is 0 Å². The number of amides is 3. The molecule has 0 radical (unpaired) electrons. The smallest absolute Gasteiger partial charge is 0.434 e. The molecule has 0 spiro atoms. The highest BCUT2D eigenvalue weighted by molar-refractivity contribution is 6.30. The van der Waals surface area contributed by atoms with Crippen LogP contribution in [0, 0.1) is 11.3 Å². The molecule has 4 N–H and O–H groups in total. The van der Waals surface area contributed by atoms with Crippen molar-refractivity contribution in [1.82, 2.24) is 15.2 Å². The standard InChI is InChI=1S/C31H45ClN4O8/c1-20(2)25(26(39)35-16-15-31(42,29(4,5)18-35)22-9-11-23(32)12-10-22)34-27(40)36(33)19-30(6,7)44-28(41)43-17-14-24(38)13-8-21(3)37/h8-13,20,25,42H,14-19,33H2,1-7H3,(H,34,40)/t25-,31+/m1/s1. The predicted molar refractivity (Wildman–Crippen MR) is 164 cm³/mol. The van der Waals surface area contributed by atoms with Crippen molar-refractivity contribution in [3.63, 3.8) is 0 Å². The van der Waals surface area contributed by atoms with E-state index in [-0.39, 0.29) is 50.3 Å². The van der Waals surface area contributed by atoms with Gasteiger partial charge in [0.05, 0.1) is 12.1 Å². The molecule has 0 aliphatic carbocycles. The molecule has 1 aliphatic heterocycles. The number of nitrogens with two attached hydrogens (primary N) is 1. The third-order valence-corrected chi connectivity index (χ3v) is 7.79. The summed E-state index contributed by atoms with van der Waals surface area (Å²) in [5, 5.41) is 15.7. The summed E-state index contributed by atoms with van der Waals surface area (Å²) in [5.74, 6) is 4.74. The third-order valence-electron chi connectivity index (χ3n) is 7.54. The molecule has 0 saturated carbocycles. The second kappa shape index (κ2) is 15.0. The van der Waals surface area contributed by atoms with Crippen molar-refractivity contribution < 1.29 is 38.6 Å². The Labute approximate surface area is 263 Å². The summed E-state index contributed by atoms with van der Waals surface area (Å²) in [6.45, 7) is 11.7.